The smallest absolute Gasteiger partial charge is 0.230 e. The molecule has 5 nitrogen and oxygen atoms in total. The lowest BCUT2D eigenvalue weighted by Crippen LogP contribution is -2.16. The normalized spacial score (nSPS) is 10.3. The summed E-state index contributed by atoms with van der Waals surface area (Å²) in [5.41, 5.74) is 1.95. The van der Waals surface area contributed by atoms with Crippen molar-refractivity contribution in [2.75, 3.05) is 11.9 Å². The molecule has 1 amide bonds. The highest BCUT2D eigenvalue weighted by molar-refractivity contribution is 5.92. The number of benzene rings is 2. The lowest BCUT2D eigenvalue weighted by atomic mass is 10.1. The number of aromatic nitrogens is 1. The van der Waals surface area contributed by atoms with E-state index in [-0.39, 0.29) is 12.3 Å². The Morgan fingerprint density at radius 3 is 2.44 bits per heavy atom. The van der Waals surface area contributed by atoms with Crippen LogP contribution in [0.3, 0.4) is 0 Å². The number of ether oxygens (including phenoxy) is 2. The van der Waals surface area contributed by atoms with Gasteiger partial charge >= 0.3 is 0 Å². The molecule has 2 aromatic carbocycles. The fourth-order valence-electron chi connectivity index (χ4n) is 2.57. The van der Waals surface area contributed by atoms with Gasteiger partial charge in [-0.1, -0.05) is 42.5 Å². The van der Waals surface area contributed by atoms with E-state index < -0.39 is 0 Å². The average Bonchev–Trinajstić information content (AvgIpc) is 2.70. The van der Waals surface area contributed by atoms with Crippen LogP contribution < -0.4 is 14.8 Å². The van der Waals surface area contributed by atoms with Crippen molar-refractivity contribution in [3.63, 3.8) is 0 Å². The fraction of sp³-hybridized carbons (Fsp3) is 0.182. The predicted octanol–water partition coefficient (Wildman–Crippen LogP) is 4.24. The van der Waals surface area contributed by atoms with Gasteiger partial charge in [-0.05, 0) is 42.3 Å². The molecule has 3 aromatic rings. The molecular formula is C22H22N2O3. The van der Waals surface area contributed by atoms with Gasteiger partial charge in [0.1, 0.15) is 12.4 Å². The Bertz CT molecular complexity index is 864. The van der Waals surface area contributed by atoms with Crippen molar-refractivity contribution in [1.82, 2.24) is 4.98 Å². The van der Waals surface area contributed by atoms with Gasteiger partial charge in [0, 0.05) is 6.20 Å². The molecule has 1 aromatic heterocycles. The minimum absolute atomic E-state index is 0.151. The van der Waals surface area contributed by atoms with E-state index in [4.69, 9.17) is 9.47 Å². The topological polar surface area (TPSA) is 60.5 Å². The first-order valence-corrected chi connectivity index (χ1v) is 8.88. The van der Waals surface area contributed by atoms with Crippen LogP contribution in [-0.2, 0) is 17.8 Å². The van der Waals surface area contributed by atoms with Gasteiger partial charge in [-0.2, -0.15) is 0 Å². The van der Waals surface area contributed by atoms with Crippen LogP contribution in [-0.4, -0.2) is 17.5 Å². The predicted molar refractivity (Wildman–Crippen MR) is 105 cm³/mol. The molecule has 0 radical (unpaired) electrons. The Morgan fingerprint density at radius 2 is 1.70 bits per heavy atom. The van der Waals surface area contributed by atoms with Gasteiger partial charge in [0.15, 0.2) is 11.6 Å². The quantitative estimate of drug-likeness (QED) is 0.651. The number of hydrogen-bond acceptors (Lipinski definition) is 4. The number of carbonyl (C=O) groups is 1. The minimum atomic E-state index is -0.151. The zero-order chi connectivity index (χ0) is 18.9. The van der Waals surface area contributed by atoms with Crippen molar-refractivity contribution < 1.29 is 14.3 Å². The van der Waals surface area contributed by atoms with E-state index in [1.54, 1.807) is 18.3 Å². The highest BCUT2D eigenvalue weighted by atomic mass is 16.5. The Kier molecular flexibility index (Phi) is 6.41. The molecule has 0 saturated heterocycles. The molecule has 0 atom stereocenters. The molecule has 0 fully saturated rings. The highest BCUT2D eigenvalue weighted by Crippen LogP contribution is 2.22. The maximum absolute atomic E-state index is 12.4. The average molecular weight is 362 g/mol. The van der Waals surface area contributed by atoms with Crippen molar-refractivity contribution in [3.8, 4) is 11.5 Å². The third kappa shape index (κ3) is 5.57. The van der Waals surface area contributed by atoms with Gasteiger partial charge in [-0.15, -0.1) is 0 Å². The number of carbonyl (C=O) groups excluding carboxylic acids is 1. The second kappa shape index (κ2) is 9.38. The van der Waals surface area contributed by atoms with Crippen LogP contribution in [0.5, 0.6) is 11.5 Å². The SMILES string of the molecule is CCOc1ccc(CC(=O)Nc2ncccc2OCc2ccccc2)cc1. The highest BCUT2D eigenvalue weighted by Gasteiger charge is 2.10. The molecule has 1 heterocycles. The van der Waals surface area contributed by atoms with Crippen LogP contribution in [0.25, 0.3) is 0 Å². The van der Waals surface area contributed by atoms with Gasteiger partial charge < -0.3 is 14.8 Å². The third-order valence-corrected chi connectivity index (χ3v) is 3.86. The van der Waals surface area contributed by atoms with Gasteiger partial charge in [-0.3, -0.25) is 4.79 Å². The number of hydrogen-bond donors (Lipinski definition) is 1. The van der Waals surface area contributed by atoms with Crippen LogP contribution in [0.1, 0.15) is 18.1 Å². The van der Waals surface area contributed by atoms with E-state index in [2.05, 4.69) is 10.3 Å². The van der Waals surface area contributed by atoms with Gasteiger partial charge in [0.25, 0.3) is 0 Å². The Hall–Kier alpha value is -3.34. The molecule has 0 saturated carbocycles. The molecule has 138 valence electrons. The summed E-state index contributed by atoms with van der Waals surface area (Å²) in [6.45, 7) is 2.96. The summed E-state index contributed by atoms with van der Waals surface area (Å²) < 4.78 is 11.2. The van der Waals surface area contributed by atoms with Crippen molar-refractivity contribution >= 4 is 11.7 Å². The van der Waals surface area contributed by atoms with Crippen LogP contribution in [0.2, 0.25) is 0 Å². The number of pyridine rings is 1. The van der Waals surface area contributed by atoms with Crippen molar-refractivity contribution in [2.45, 2.75) is 20.0 Å². The summed E-state index contributed by atoms with van der Waals surface area (Å²) in [5.74, 6) is 1.61. The molecule has 0 aliphatic heterocycles. The maximum Gasteiger partial charge on any atom is 0.230 e. The number of nitrogens with one attached hydrogen (secondary N) is 1. The number of amides is 1. The summed E-state index contributed by atoms with van der Waals surface area (Å²) in [6.07, 6.45) is 1.88. The summed E-state index contributed by atoms with van der Waals surface area (Å²) >= 11 is 0. The zero-order valence-corrected chi connectivity index (χ0v) is 15.2. The first-order chi connectivity index (χ1) is 13.2. The van der Waals surface area contributed by atoms with Crippen molar-refractivity contribution in [2.24, 2.45) is 0 Å². The molecule has 27 heavy (non-hydrogen) atoms. The summed E-state index contributed by atoms with van der Waals surface area (Å²) in [4.78, 5) is 16.6. The Morgan fingerprint density at radius 1 is 0.926 bits per heavy atom. The largest absolute Gasteiger partial charge is 0.494 e. The molecule has 3 rings (SSSR count). The second-order valence-electron chi connectivity index (χ2n) is 5.93. The van der Waals surface area contributed by atoms with Crippen LogP contribution in [0, 0.1) is 0 Å². The molecule has 5 heteroatoms. The van der Waals surface area contributed by atoms with Crippen LogP contribution >= 0.6 is 0 Å². The molecule has 0 bridgehead atoms. The summed E-state index contributed by atoms with van der Waals surface area (Å²) in [6, 6.07) is 20.9. The summed E-state index contributed by atoms with van der Waals surface area (Å²) in [7, 11) is 0. The molecule has 0 unspecified atom stereocenters. The van der Waals surface area contributed by atoms with Crippen molar-refractivity contribution in [1.29, 1.82) is 0 Å². The number of nitrogens with zero attached hydrogens (tertiary/aromatic N) is 1. The maximum atomic E-state index is 12.4. The van der Waals surface area contributed by atoms with E-state index in [0.717, 1.165) is 16.9 Å². The van der Waals surface area contributed by atoms with E-state index in [1.807, 2.05) is 61.5 Å². The molecule has 1 N–H and O–H groups in total. The van der Waals surface area contributed by atoms with Crippen LogP contribution in [0.15, 0.2) is 72.9 Å². The first-order valence-electron chi connectivity index (χ1n) is 8.88. The van der Waals surface area contributed by atoms with Gasteiger partial charge in [0.2, 0.25) is 5.91 Å². The van der Waals surface area contributed by atoms with Crippen LogP contribution in [0.4, 0.5) is 5.82 Å². The fourth-order valence-corrected chi connectivity index (χ4v) is 2.57. The molecule has 0 spiro atoms. The van der Waals surface area contributed by atoms with E-state index in [1.165, 1.54) is 0 Å². The lowest BCUT2D eigenvalue weighted by Gasteiger charge is -2.12. The van der Waals surface area contributed by atoms with E-state index in [9.17, 15) is 4.79 Å². The third-order valence-electron chi connectivity index (χ3n) is 3.86. The van der Waals surface area contributed by atoms with E-state index >= 15 is 0 Å². The van der Waals surface area contributed by atoms with Crippen molar-refractivity contribution in [3.05, 3.63) is 84.1 Å². The Balaban J connectivity index is 1.60. The first kappa shape index (κ1) is 18.5. The lowest BCUT2D eigenvalue weighted by molar-refractivity contribution is -0.115. The number of rotatable bonds is 8. The number of anilines is 1. The molecule has 0 aliphatic carbocycles. The molecular weight excluding hydrogens is 340 g/mol. The van der Waals surface area contributed by atoms with E-state index in [0.29, 0.717) is 24.8 Å². The van der Waals surface area contributed by atoms with Gasteiger partial charge in [-0.25, -0.2) is 4.98 Å². The second-order valence-corrected chi connectivity index (χ2v) is 5.93. The monoisotopic (exact) mass is 362 g/mol. The van der Waals surface area contributed by atoms with Gasteiger partial charge in [0.05, 0.1) is 13.0 Å². The standard InChI is InChI=1S/C22H22N2O3/c1-2-26-19-12-10-17(11-13-19)15-21(25)24-22-20(9-6-14-23-22)27-16-18-7-4-3-5-8-18/h3-14H,2,15-16H2,1H3,(H,23,24,25). The summed E-state index contributed by atoms with van der Waals surface area (Å²) in [5, 5.41) is 2.83. The molecule has 0 aliphatic rings. The minimum Gasteiger partial charge on any atom is -0.494 e. The Labute approximate surface area is 159 Å². The zero-order valence-electron chi connectivity index (χ0n) is 15.2.